The summed E-state index contributed by atoms with van der Waals surface area (Å²) in [6, 6.07) is 14.0. The van der Waals surface area contributed by atoms with Crippen LogP contribution in [0.4, 0.5) is 13.2 Å². The molecule has 0 spiro atoms. The third-order valence-electron chi connectivity index (χ3n) is 5.54. The van der Waals surface area contributed by atoms with Crippen LogP contribution in [0.15, 0.2) is 60.7 Å². The number of Topliss-reactive ketones (excluding diaryl/α,β-unsaturated/α-hetero) is 2. The van der Waals surface area contributed by atoms with Crippen LogP contribution in [-0.2, 0) is 4.75 Å². The van der Waals surface area contributed by atoms with Crippen molar-refractivity contribution in [3.8, 4) is 0 Å². The van der Waals surface area contributed by atoms with Gasteiger partial charge in [0.05, 0.1) is 15.1 Å². The van der Waals surface area contributed by atoms with Gasteiger partial charge in [-0.05, 0) is 41.8 Å². The van der Waals surface area contributed by atoms with Crippen molar-refractivity contribution >= 4 is 59.0 Å². The molecule has 0 aromatic heterocycles. The summed E-state index contributed by atoms with van der Waals surface area (Å²) in [7, 11) is 0. The van der Waals surface area contributed by atoms with Gasteiger partial charge in [0.25, 0.3) is 0 Å². The lowest BCUT2D eigenvalue weighted by Gasteiger charge is -2.31. The molecule has 3 aromatic rings. The van der Waals surface area contributed by atoms with Crippen LogP contribution in [0.2, 0.25) is 15.1 Å². The molecule has 0 saturated heterocycles. The maximum atomic E-state index is 14.1. The zero-order valence-corrected chi connectivity index (χ0v) is 21.2. The minimum absolute atomic E-state index is 0.0422. The fraction of sp³-hybridized carbons (Fsp3) is 0.200. The van der Waals surface area contributed by atoms with Crippen molar-refractivity contribution < 1.29 is 27.9 Å². The molecular weight excluding hydrogens is 544 g/mol. The number of carbonyl (C=O) groups is 2. The second-order valence-electron chi connectivity index (χ2n) is 7.92. The molecule has 0 fully saturated rings. The number of aliphatic hydroxyl groups is 1. The molecule has 3 rings (SSSR count). The van der Waals surface area contributed by atoms with Crippen LogP contribution < -0.4 is 0 Å². The lowest BCUT2D eigenvalue weighted by atomic mass is 9.88. The number of hydrogen-bond donors (Lipinski definition) is 2. The summed E-state index contributed by atoms with van der Waals surface area (Å²) >= 11 is 21.5. The standard InChI is InChI=1S/C25H18Cl3F3O3S/c1-13-9-15(7-8-17(13)23(34)22(33)14-5-3-2-4-6-14)20(32)12-24(35,25(29,30)31)16-10-18(26)21(28)19(27)11-16/h2-11,23,34-35H,12H2,1H3. The van der Waals surface area contributed by atoms with Gasteiger partial charge in [-0.3, -0.25) is 9.59 Å². The minimum atomic E-state index is -4.94. The quantitative estimate of drug-likeness (QED) is 0.176. The minimum Gasteiger partial charge on any atom is -0.380 e. The number of rotatable bonds is 7. The average molecular weight is 562 g/mol. The molecule has 0 saturated carbocycles. The van der Waals surface area contributed by atoms with E-state index in [1.165, 1.54) is 18.2 Å². The Morgan fingerprint density at radius 1 is 0.943 bits per heavy atom. The maximum Gasteiger partial charge on any atom is 0.407 e. The highest BCUT2D eigenvalue weighted by Gasteiger charge is 2.55. The molecule has 0 heterocycles. The number of carbonyl (C=O) groups excluding carboxylic acids is 2. The van der Waals surface area contributed by atoms with Gasteiger partial charge in [0.15, 0.2) is 11.6 Å². The number of benzene rings is 3. The summed E-state index contributed by atoms with van der Waals surface area (Å²) in [4.78, 5) is 25.5. The van der Waals surface area contributed by atoms with Crippen molar-refractivity contribution in [3.05, 3.63) is 104 Å². The smallest absolute Gasteiger partial charge is 0.380 e. The topological polar surface area (TPSA) is 54.4 Å². The molecule has 0 aliphatic carbocycles. The van der Waals surface area contributed by atoms with Gasteiger partial charge >= 0.3 is 6.18 Å². The number of hydrogen-bond acceptors (Lipinski definition) is 4. The summed E-state index contributed by atoms with van der Waals surface area (Å²) in [5.74, 6) is -1.41. The van der Waals surface area contributed by atoms with E-state index >= 15 is 0 Å². The Bertz CT molecular complexity index is 1260. The molecule has 2 unspecified atom stereocenters. The SMILES string of the molecule is Cc1cc(C(=O)CC(S)(c2cc(Cl)c(Cl)c(Cl)c2)C(F)(F)F)ccc1C(O)C(=O)c1ccccc1. The van der Waals surface area contributed by atoms with Gasteiger partial charge in [-0.15, -0.1) is 0 Å². The zero-order chi connectivity index (χ0) is 26.1. The fourth-order valence-corrected chi connectivity index (χ4v) is 4.42. The highest BCUT2D eigenvalue weighted by molar-refractivity contribution is 7.81. The van der Waals surface area contributed by atoms with E-state index in [9.17, 15) is 27.9 Å². The largest absolute Gasteiger partial charge is 0.407 e. The number of ketones is 2. The molecule has 0 aliphatic heterocycles. The zero-order valence-electron chi connectivity index (χ0n) is 18.0. The van der Waals surface area contributed by atoms with E-state index in [1.807, 2.05) is 0 Å². The molecule has 10 heteroatoms. The van der Waals surface area contributed by atoms with E-state index in [4.69, 9.17) is 34.8 Å². The Morgan fingerprint density at radius 3 is 2.03 bits per heavy atom. The van der Waals surface area contributed by atoms with E-state index in [0.717, 1.165) is 12.1 Å². The fourth-order valence-electron chi connectivity index (χ4n) is 3.55. The van der Waals surface area contributed by atoms with Crippen LogP contribution in [0.5, 0.6) is 0 Å². The lowest BCUT2D eigenvalue weighted by molar-refractivity contribution is -0.160. The third kappa shape index (κ3) is 5.70. The predicted octanol–water partition coefficient (Wildman–Crippen LogP) is 7.83. The molecule has 1 N–H and O–H groups in total. The van der Waals surface area contributed by atoms with Gasteiger partial charge in [-0.2, -0.15) is 25.8 Å². The van der Waals surface area contributed by atoms with Crippen molar-refractivity contribution in [1.29, 1.82) is 0 Å². The first-order valence-corrected chi connectivity index (χ1v) is 11.7. The van der Waals surface area contributed by atoms with Crippen LogP contribution >= 0.6 is 47.4 Å². The second-order valence-corrected chi connectivity index (χ2v) is 9.87. The first-order chi connectivity index (χ1) is 16.3. The first-order valence-electron chi connectivity index (χ1n) is 10.1. The maximum absolute atomic E-state index is 14.1. The second kappa shape index (κ2) is 10.5. The Hall–Kier alpha value is -2.03. The van der Waals surface area contributed by atoms with Gasteiger partial charge < -0.3 is 5.11 Å². The van der Waals surface area contributed by atoms with Crippen molar-refractivity contribution in [3.63, 3.8) is 0 Å². The van der Waals surface area contributed by atoms with Gasteiger partial charge in [-0.25, -0.2) is 0 Å². The summed E-state index contributed by atoms with van der Waals surface area (Å²) < 4.78 is 39.4. The van der Waals surface area contributed by atoms with E-state index in [-0.39, 0.29) is 26.2 Å². The molecule has 2 atom stereocenters. The average Bonchev–Trinajstić information content (AvgIpc) is 2.80. The third-order valence-corrected chi connectivity index (χ3v) is 7.41. The normalized spacial score (nSPS) is 14.3. The number of aryl methyl sites for hydroxylation is 1. The van der Waals surface area contributed by atoms with E-state index in [1.54, 1.807) is 37.3 Å². The van der Waals surface area contributed by atoms with Crippen molar-refractivity contribution in [2.45, 2.75) is 30.4 Å². The van der Waals surface area contributed by atoms with Crippen molar-refractivity contribution in [2.24, 2.45) is 0 Å². The number of halogens is 6. The Labute approximate surface area is 220 Å². The molecule has 3 aromatic carbocycles. The summed E-state index contributed by atoms with van der Waals surface area (Å²) in [6.45, 7) is 1.55. The molecule has 35 heavy (non-hydrogen) atoms. The molecule has 0 amide bonds. The first kappa shape index (κ1) is 27.6. The highest BCUT2D eigenvalue weighted by atomic mass is 35.5. The van der Waals surface area contributed by atoms with Gasteiger partial charge in [0, 0.05) is 17.5 Å². The van der Waals surface area contributed by atoms with Crippen LogP contribution in [0, 0.1) is 6.92 Å². The molecule has 184 valence electrons. The lowest BCUT2D eigenvalue weighted by Crippen LogP contribution is -2.39. The Kier molecular flexibility index (Phi) is 8.29. The summed E-state index contributed by atoms with van der Waals surface area (Å²) in [5, 5.41) is 10.0. The van der Waals surface area contributed by atoms with Crippen LogP contribution in [0.3, 0.4) is 0 Å². The molecule has 0 aliphatic rings. The van der Waals surface area contributed by atoms with E-state index < -0.39 is 40.6 Å². The van der Waals surface area contributed by atoms with E-state index in [2.05, 4.69) is 12.6 Å². The van der Waals surface area contributed by atoms with Gasteiger partial charge in [-0.1, -0.05) is 77.3 Å². The number of aliphatic hydroxyl groups excluding tert-OH is 1. The Balaban J connectivity index is 1.92. The van der Waals surface area contributed by atoms with Gasteiger partial charge in [0.2, 0.25) is 0 Å². The highest BCUT2D eigenvalue weighted by Crippen LogP contribution is 2.49. The van der Waals surface area contributed by atoms with Crippen LogP contribution in [-0.4, -0.2) is 22.8 Å². The number of alkyl halides is 3. The molecule has 0 radical (unpaired) electrons. The van der Waals surface area contributed by atoms with Crippen LogP contribution in [0.1, 0.15) is 49.9 Å². The molecular formula is C25H18Cl3F3O3S. The van der Waals surface area contributed by atoms with Crippen molar-refractivity contribution in [1.82, 2.24) is 0 Å². The monoisotopic (exact) mass is 560 g/mol. The van der Waals surface area contributed by atoms with E-state index in [0.29, 0.717) is 11.1 Å². The predicted molar refractivity (Wildman–Crippen MR) is 134 cm³/mol. The van der Waals surface area contributed by atoms with Gasteiger partial charge in [0.1, 0.15) is 10.9 Å². The van der Waals surface area contributed by atoms with Crippen molar-refractivity contribution in [2.75, 3.05) is 0 Å². The summed E-state index contributed by atoms with van der Waals surface area (Å²) in [5.41, 5.74) is 0.421. The van der Waals surface area contributed by atoms with Crippen LogP contribution in [0.25, 0.3) is 0 Å². The number of thiol groups is 1. The molecule has 0 bridgehead atoms. The molecule has 3 nitrogen and oxygen atoms in total. The summed E-state index contributed by atoms with van der Waals surface area (Å²) in [6.07, 6.45) is -7.50. The Morgan fingerprint density at radius 2 is 1.51 bits per heavy atom.